The lowest BCUT2D eigenvalue weighted by Gasteiger charge is -2.16. The van der Waals surface area contributed by atoms with E-state index in [2.05, 4.69) is 12.0 Å². The monoisotopic (exact) mass is 224 g/mol. The van der Waals surface area contributed by atoms with E-state index in [1.165, 1.54) is 0 Å². The third-order valence-electron chi connectivity index (χ3n) is 2.47. The average Bonchev–Trinajstić information content (AvgIpc) is 2.64. The fourth-order valence-corrected chi connectivity index (χ4v) is 1.45. The Labute approximate surface area is 96.2 Å². The highest BCUT2D eigenvalue weighted by atomic mass is 16.2. The first-order chi connectivity index (χ1) is 7.63. The molecule has 16 heavy (non-hydrogen) atoms. The minimum atomic E-state index is 0.0687. The van der Waals surface area contributed by atoms with Crippen LogP contribution in [-0.2, 0) is 11.3 Å². The molecule has 0 atom stereocenters. The summed E-state index contributed by atoms with van der Waals surface area (Å²) in [5, 5.41) is 3.98. The van der Waals surface area contributed by atoms with Crippen LogP contribution in [0.1, 0.15) is 26.2 Å². The lowest BCUT2D eigenvalue weighted by Crippen LogP contribution is -2.31. The van der Waals surface area contributed by atoms with E-state index in [1.54, 1.807) is 22.0 Å². The van der Waals surface area contributed by atoms with Crippen LogP contribution in [-0.4, -0.2) is 34.2 Å². The van der Waals surface area contributed by atoms with Gasteiger partial charge in [0.15, 0.2) is 0 Å². The Balaban J connectivity index is 2.34. The summed E-state index contributed by atoms with van der Waals surface area (Å²) >= 11 is 0. The van der Waals surface area contributed by atoms with Crippen LogP contribution < -0.4 is 5.73 Å². The smallest absolute Gasteiger partial charge is 0.244 e. The molecule has 0 aliphatic heterocycles. The molecule has 0 spiro atoms. The molecular formula is C11H20N4O. The van der Waals surface area contributed by atoms with Gasteiger partial charge in [0.2, 0.25) is 5.91 Å². The number of rotatable bonds is 6. The van der Waals surface area contributed by atoms with Gasteiger partial charge in [0.1, 0.15) is 6.54 Å². The maximum absolute atomic E-state index is 11.7. The first-order valence-electron chi connectivity index (χ1n) is 5.65. The van der Waals surface area contributed by atoms with Gasteiger partial charge < -0.3 is 10.6 Å². The van der Waals surface area contributed by atoms with Gasteiger partial charge in [-0.15, -0.1) is 0 Å². The minimum Gasteiger partial charge on any atom is -0.396 e. The minimum absolute atomic E-state index is 0.0687. The van der Waals surface area contributed by atoms with Crippen LogP contribution in [0.2, 0.25) is 0 Å². The standard InChI is InChI=1S/C11H20N4O/c1-3-4-5-6-14(2)11(16)9-15-8-10(12)7-13-15/h7-8H,3-6,9,12H2,1-2H3. The summed E-state index contributed by atoms with van der Waals surface area (Å²) in [6.45, 7) is 3.22. The fourth-order valence-electron chi connectivity index (χ4n) is 1.45. The summed E-state index contributed by atoms with van der Waals surface area (Å²) in [6, 6.07) is 0. The van der Waals surface area contributed by atoms with Gasteiger partial charge >= 0.3 is 0 Å². The molecule has 0 bridgehead atoms. The second-order valence-corrected chi connectivity index (χ2v) is 3.99. The molecule has 0 unspecified atom stereocenters. The van der Waals surface area contributed by atoms with Gasteiger partial charge in [-0.05, 0) is 6.42 Å². The van der Waals surface area contributed by atoms with Crippen LogP contribution in [0.4, 0.5) is 5.69 Å². The number of likely N-dealkylation sites (N-methyl/N-ethyl adjacent to an activating group) is 1. The molecule has 0 radical (unpaired) electrons. The van der Waals surface area contributed by atoms with E-state index in [4.69, 9.17) is 5.73 Å². The van der Waals surface area contributed by atoms with E-state index in [1.807, 2.05) is 7.05 Å². The summed E-state index contributed by atoms with van der Waals surface area (Å²) in [5.74, 6) is 0.0687. The topological polar surface area (TPSA) is 64.2 Å². The van der Waals surface area contributed by atoms with Crippen molar-refractivity contribution in [2.75, 3.05) is 19.3 Å². The number of nitrogens with zero attached hydrogens (tertiary/aromatic N) is 3. The molecule has 1 rings (SSSR count). The van der Waals surface area contributed by atoms with E-state index in [9.17, 15) is 4.79 Å². The Bertz CT molecular complexity index is 334. The molecule has 0 aliphatic rings. The quantitative estimate of drug-likeness (QED) is 0.736. The van der Waals surface area contributed by atoms with Crippen LogP contribution in [0.25, 0.3) is 0 Å². The zero-order valence-electron chi connectivity index (χ0n) is 10.0. The number of anilines is 1. The van der Waals surface area contributed by atoms with Crippen molar-refractivity contribution >= 4 is 11.6 Å². The van der Waals surface area contributed by atoms with Crippen molar-refractivity contribution in [3.05, 3.63) is 12.4 Å². The summed E-state index contributed by atoms with van der Waals surface area (Å²) in [6.07, 6.45) is 6.59. The molecule has 90 valence electrons. The molecule has 5 heteroatoms. The average molecular weight is 224 g/mol. The van der Waals surface area contributed by atoms with Gasteiger partial charge in [0.25, 0.3) is 0 Å². The normalized spacial score (nSPS) is 10.4. The molecule has 1 aromatic rings. The van der Waals surface area contributed by atoms with Crippen molar-refractivity contribution < 1.29 is 4.79 Å². The Kier molecular flexibility index (Phi) is 4.82. The van der Waals surface area contributed by atoms with E-state index >= 15 is 0 Å². The van der Waals surface area contributed by atoms with E-state index < -0.39 is 0 Å². The van der Waals surface area contributed by atoms with Crippen molar-refractivity contribution in [3.63, 3.8) is 0 Å². The Morgan fingerprint density at radius 1 is 1.56 bits per heavy atom. The van der Waals surface area contributed by atoms with Crippen molar-refractivity contribution in [1.29, 1.82) is 0 Å². The van der Waals surface area contributed by atoms with Crippen molar-refractivity contribution in [3.8, 4) is 0 Å². The van der Waals surface area contributed by atoms with Gasteiger partial charge in [-0.2, -0.15) is 5.10 Å². The van der Waals surface area contributed by atoms with Gasteiger partial charge in [0.05, 0.1) is 11.9 Å². The number of hydrogen-bond acceptors (Lipinski definition) is 3. The van der Waals surface area contributed by atoms with E-state index in [0.717, 1.165) is 25.8 Å². The number of amides is 1. The predicted octanol–water partition coefficient (Wildman–Crippen LogP) is 1.11. The van der Waals surface area contributed by atoms with Crippen LogP contribution >= 0.6 is 0 Å². The second kappa shape index (κ2) is 6.15. The zero-order chi connectivity index (χ0) is 12.0. The predicted molar refractivity (Wildman–Crippen MR) is 63.8 cm³/mol. The molecular weight excluding hydrogens is 204 g/mol. The molecule has 0 fully saturated rings. The van der Waals surface area contributed by atoms with Gasteiger partial charge in [-0.25, -0.2) is 0 Å². The highest BCUT2D eigenvalue weighted by molar-refractivity contribution is 5.75. The Hall–Kier alpha value is -1.52. The first-order valence-corrected chi connectivity index (χ1v) is 5.65. The SMILES string of the molecule is CCCCCN(C)C(=O)Cn1cc(N)cn1. The summed E-state index contributed by atoms with van der Waals surface area (Å²) in [7, 11) is 1.82. The van der Waals surface area contributed by atoms with Crippen LogP contribution in [0.3, 0.4) is 0 Å². The Morgan fingerprint density at radius 2 is 2.31 bits per heavy atom. The molecule has 0 saturated carbocycles. The first kappa shape index (κ1) is 12.5. The molecule has 5 nitrogen and oxygen atoms in total. The number of aromatic nitrogens is 2. The number of unbranched alkanes of at least 4 members (excludes halogenated alkanes) is 2. The van der Waals surface area contributed by atoms with Gasteiger partial charge in [0, 0.05) is 19.8 Å². The van der Waals surface area contributed by atoms with Crippen LogP contribution in [0.5, 0.6) is 0 Å². The zero-order valence-corrected chi connectivity index (χ0v) is 10.0. The maximum atomic E-state index is 11.7. The third-order valence-corrected chi connectivity index (χ3v) is 2.47. The summed E-state index contributed by atoms with van der Waals surface area (Å²) in [4.78, 5) is 13.5. The number of nitrogen functional groups attached to an aromatic ring is 1. The van der Waals surface area contributed by atoms with E-state index in [0.29, 0.717) is 5.69 Å². The molecule has 2 N–H and O–H groups in total. The summed E-state index contributed by atoms with van der Waals surface area (Å²) < 4.78 is 1.56. The highest BCUT2D eigenvalue weighted by Crippen LogP contribution is 2.00. The van der Waals surface area contributed by atoms with Crippen molar-refractivity contribution in [2.24, 2.45) is 0 Å². The second-order valence-electron chi connectivity index (χ2n) is 3.99. The van der Waals surface area contributed by atoms with Crippen LogP contribution in [0, 0.1) is 0 Å². The molecule has 0 saturated heterocycles. The van der Waals surface area contributed by atoms with Crippen LogP contribution in [0.15, 0.2) is 12.4 Å². The number of carbonyl (C=O) groups is 1. The van der Waals surface area contributed by atoms with Gasteiger partial charge in [-0.1, -0.05) is 19.8 Å². The molecule has 1 amide bonds. The lowest BCUT2D eigenvalue weighted by atomic mass is 10.2. The molecule has 1 heterocycles. The summed E-state index contributed by atoms with van der Waals surface area (Å²) in [5.41, 5.74) is 6.11. The molecule has 0 aliphatic carbocycles. The molecule has 0 aromatic carbocycles. The largest absolute Gasteiger partial charge is 0.396 e. The Morgan fingerprint density at radius 3 is 2.88 bits per heavy atom. The van der Waals surface area contributed by atoms with Gasteiger partial charge in [-0.3, -0.25) is 9.48 Å². The lowest BCUT2D eigenvalue weighted by molar-refractivity contribution is -0.130. The number of hydrogen-bond donors (Lipinski definition) is 1. The van der Waals surface area contributed by atoms with Crippen molar-refractivity contribution in [1.82, 2.24) is 14.7 Å². The third kappa shape index (κ3) is 3.92. The number of nitrogens with two attached hydrogens (primary N) is 1. The van der Waals surface area contributed by atoms with Crippen molar-refractivity contribution in [2.45, 2.75) is 32.7 Å². The number of carbonyl (C=O) groups excluding carboxylic acids is 1. The maximum Gasteiger partial charge on any atom is 0.244 e. The van der Waals surface area contributed by atoms with E-state index in [-0.39, 0.29) is 12.5 Å². The molecule has 1 aromatic heterocycles. The fraction of sp³-hybridized carbons (Fsp3) is 0.636. The highest BCUT2D eigenvalue weighted by Gasteiger charge is 2.09.